The molecule has 18 heavy (non-hydrogen) atoms. The van der Waals surface area contributed by atoms with E-state index in [0.29, 0.717) is 5.90 Å². The topological polar surface area (TPSA) is 21.6 Å². The predicted octanol–water partition coefficient (Wildman–Crippen LogP) is 4.08. The third-order valence-electron chi connectivity index (χ3n) is 2.80. The number of hydrogen-bond donors (Lipinski definition) is 0. The third-order valence-corrected chi connectivity index (χ3v) is 3.48. The summed E-state index contributed by atoms with van der Waals surface area (Å²) in [6.07, 6.45) is 0.209. The Bertz CT molecular complexity index is 590. The zero-order valence-electron chi connectivity index (χ0n) is 9.89. The molecular weight excluding hydrogens is 249 g/mol. The molecule has 0 bridgehead atoms. The van der Waals surface area contributed by atoms with Gasteiger partial charge in [0.1, 0.15) is 0 Å². The normalized spacial score (nSPS) is 22.7. The Morgan fingerprint density at radius 3 is 2.94 bits per heavy atom. The largest absolute Gasteiger partial charge is 0.440 e. The number of fused-ring (bicyclic) bond motifs is 1. The lowest BCUT2D eigenvalue weighted by Crippen LogP contribution is -2.27. The second-order valence-corrected chi connectivity index (χ2v) is 5.22. The Labute approximate surface area is 109 Å². The number of rotatable bonds is 1. The fraction of sp³-hybridized carbons (Fsp3) is 0.214. The molecular formula is C14H12FNOS. The minimum absolute atomic E-state index is 0.209. The van der Waals surface area contributed by atoms with E-state index in [-0.39, 0.29) is 6.42 Å². The lowest BCUT2D eigenvalue weighted by atomic mass is 10.1. The number of ether oxygens (including phenoxy) is 1. The predicted molar refractivity (Wildman–Crippen MR) is 71.3 cm³/mol. The van der Waals surface area contributed by atoms with Crippen LogP contribution in [0.5, 0.6) is 0 Å². The van der Waals surface area contributed by atoms with Gasteiger partial charge in [0, 0.05) is 24.3 Å². The Kier molecular flexibility index (Phi) is 2.67. The first-order valence-corrected chi connectivity index (χ1v) is 6.65. The van der Waals surface area contributed by atoms with Crippen LogP contribution in [-0.4, -0.2) is 11.8 Å². The first-order chi connectivity index (χ1) is 8.64. The summed E-state index contributed by atoms with van der Waals surface area (Å²) < 4.78 is 19.8. The van der Waals surface area contributed by atoms with E-state index in [9.17, 15) is 4.39 Å². The molecule has 2 heterocycles. The molecule has 0 N–H and O–H groups in total. The van der Waals surface area contributed by atoms with Crippen molar-refractivity contribution >= 4 is 22.9 Å². The van der Waals surface area contributed by atoms with Crippen LogP contribution >= 0.6 is 11.3 Å². The molecule has 0 saturated carbocycles. The van der Waals surface area contributed by atoms with Crippen LogP contribution < -0.4 is 0 Å². The first-order valence-electron chi connectivity index (χ1n) is 5.71. The first kappa shape index (κ1) is 11.4. The molecule has 2 aromatic rings. The van der Waals surface area contributed by atoms with Crippen molar-refractivity contribution in [2.75, 3.05) is 0 Å². The van der Waals surface area contributed by atoms with Crippen molar-refractivity contribution in [2.45, 2.75) is 19.2 Å². The molecule has 0 amide bonds. The van der Waals surface area contributed by atoms with Gasteiger partial charge in [-0.25, -0.2) is 4.99 Å². The Morgan fingerprint density at radius 1 is 1.33 bits per heavy atom. The Hall–Kier alpha value is -1.68. The maximum absolute atomic E-state index is 14.4. The number of hydrogen-bond acceptors (Lipinski definition) is 3. The number of halogens is 1. The number of thiophene rings is 1. The van der Waals surface area contributed by atoms with Crippen LogP contribution in [0.4, 0.5) is 10.1 Å². The molecule has 4 heteroatoms. The number of benzene rings is 1. The summed E-state index contributed by atoms with van der Waals surface area (Å²) in [6.45, 7) is 1.44. The van der Waals surface area contributed by atoms with Crippen LogP contribution in [0, 0.1) is 0 Å². The number of para-hydroxylation sites is 1. The highest BCUT2D eigenvalue weighted by molar-refractivity contribution is 7.08. The van der Waals surface area contributed by atoms with Gasteiger partial charge in [-0.3, -0.25) is 0 Å². The smallest absolute Gasteiger partial charge is 0.251 e. The zero-order chi connectivity index (χ0) is 12.6. The van der Waals surface area contributed by atoms with E-state index in [1.807, 2.05) is 41.1 Å². The van der Waals surface area contributed by atoms with Gasteiger partial charge < -0.3 is 4.74 Å². The second-order valence-electron chi connectivity index (χ2n) is 4.44. The SMILES string of the molecule is C[C@]1(F)Cc2ccccc2N=C(c2ccsc2)O1. The van der Waals surface area contributed by atoms with E-state index in [4.69, 9.17) is 4.74 Å². The van der Waals surface area contributed by atoms with Crippen molar-refractivity contribution in [1.82, 2.24) is 0 Å². The molecule has 0 aliphatic carbocycles. The molecule has 0 radical (unpaired) electrons. The molecule has 0 unspecified atom stereocenters. The Balaban J connectivity index is 2.12. The molecule has 0 saturated heterocycles. The van der Waals surface area contributed by atoms with Gasteiger partial charge in [0.05, 0.1) is 5.69 Å². The number of nitrogens with zero attached hydrogens (tertiary/aromatic N) is 1. The molecule has 2 nitrogen and oxygen atoms in total. The lowest BCUT2D eigenvalue weighted by molar-refractivity contribution is -0.0527. The average Bonchev–Trinajstić information content (AvgIpc) is 2.79. The highest BCUT2D eigenvalue weighted by atomic mass is 32.1. The van der Waals surface area contributed by atoms with Crippen molar-refractivity contribution in [3.05, 3.63) is 52.2 Å². The van der Waals surface area contributed by atoms with Gasteiger partial charge in [0.15, 0.2) is 0 Å². The molecule has 1 aliphatic heterocycles. The molecule has 0 fully saturated rings. The standard InChI is InChI=1S/C14H12FNOS/c1-14(15)8-10-4-2-3-5-12(10)16-13(17-14)11-6-7-18-9-11/h2-7,9H,8H2,1H3/t14-/m1/s1. The highest BCUT2D eigenvalue weighted by Gasteiger charge is 2.31. The van der Waals surface area contributed by atoms with E-state index in [1.54, 1.807) is 0 Å². The number of aliphatic imine (C=N–C) groups is 1. The molecule has 3 rings (SSSR count). The maximum Gasteiger partial charge on any atom is 0.251 e. The van der Waals surface area contributed by atoms with Crippen molar-refractivity contribution < 1.29 is 9.13 Å². The summed E-state index contributed by atoms with van der Waals surface area (Å²) in [5.74, 6) is -1.38. The van der Waals surface area contributed by atoms with E-state index in [1.165, 1.54) is 18.3 Å². The maximum atomic E-state index is 14.4. The summed E-state index contributed by atoms with van der Waals surface area (Å²) in [5, 5.41) is 3.83. The van der Waals surface area contributed by atoms with Gasteiger partial charge in [0.2, 0.25) is 5.90 Å². The third kappa shape index (κ3) is 2.16. The van der Waals surface area contributed by atoms with Gasteiger partial charge in [0.25, 0.3) is 5.85 Å². The molecule has 1 atom stereocenters. The Morgan fingerprint density at radius 2 is 2.17 bits per heavy atom. The summed E-state index contributed by atoms with van der Waals surface area (Å²) in [4.78, 5) is 4.44. The molecule has 1 aliphatic rings. The zero-order valence-corrected chi connectivity index (χ0v) is 10.7. The minimum Gasteiger partial charge on any atom is -0.440 e. The average molecular weight is 261 g/mol. The van der Waals surface area contributed by atoms with E-state index in [2.05, 4.69) is 4.99 Å². The van der Waals surface area contributed by atoms with Crippen LogP contribution in [0.2, 0.25) is 0 Å². The summed E-state index contributed by atoms with van der Waals surface area (Å²) in [7, 11) is 0. The van der Waals surface area contributed by atoms with E-state index >= 15 is 0 Å². The second kappa shape index (κ2) is 4.21. The fourth-order valence-electron chi connectivity index (χ4n) is 1.99. The molecule has 92 valence electrons. The summed E-state index contributed by atoms with van der Waals surface area (Å²) >= 11 is 1.54. The summed E-state index contributed by atoms with van der Waals surface area (Å²) in [6, 6.07) is 9.44. The van der Waals surface area contributed by atoms with Gasteiger partial charge >= 0.3 is 0 Å². The summed E-state index contributed by atoms with van der Waals surface area (Å²) in [5.41, 5.74) is 2.47. The van der Waals surface area contributed by atoms with Crippen molar-refractivity contribution in [3.63, 3.8) is 0 Å². The number of alkyl halides is 1. The van der Waals surface area contributed by atoms with Crippen LogP contribution in [0.15, 0.2) is 46.1 Å². The van der Waals surface area contributed by atoms with Crippen LogP contribution in [0.1, 0.15) is 18.1 Å². The van der Waals surface area contributed by atoms with Gasteiger partial charge in [-0.15, -0.1) is 0 Å². The van der Waals surface area contributed by atoms with Crippen LogP contribution in [0.25, 0.3) is 0 Å². The van der Waals surface area contributed by atoms with Crippen molar-refractivity contribution in [3.8, 4) is 0 Å². The van der Waals surface area contributed by atoms with Crippen molar-refractivity contribution in [2.24, 2.45) is 4.99 Å². The highest BCUT2D eigenvalue weighted by Crippen LogP contribution is 2.32. The van der Waals surface area contributed by atoms with Crippen molar-refractivity contribution in [1.29, 1.82) is 0 Å². The monoisotopic (exact) mass is 261 g/mol. The lowest BCUT2D eigenvalue weighted by Gasteiger charge is -2.20. The van der Waals surface area contributed by atoms with Gasteiger partial charge in [-0.05, 0) is 23.1 Å². The van der Waals surface area contributed by atoms with Crippen LogP contribution in [-0.2, 0) is 11.2 Å². The van der Waals surface area contributed by atoms with Gasteiger partial charge in [-0.2, -0.15) is 15.7 Å². The van der Waals surface area contributed by atoms with E-state index in [0.717, 1.165) is 16.8 Å². The molecule has 1 aromatic carbocycles. The van der Waals surface area contributed by atoms with E-state index < -0.39 is 5.85 Å². The fourth-order valence-corrected chi connectivity index (χ4v) is 2.62. The van der Waals surface area contributed by atoms with Gasteiger partial charge in [-0.1, -0.05) is 18.2 Å². The van der Waals surface area contributed by atoms with Crippen LogP contribution in [0.3, 0.4) is 0 Å². The quantitative estimate of drug-likeness (QED) is 0.757. The molecule has 1 aromatic heterocycles. The minimum atomic E-state index is -1.73. The molecule has 0 spiro atoms.